The molecule has 6 heteroatoms. The van der Waals surface area contributed by atoms with Crippen molar-refractivity contribution in [1.29, 1.82) is 0 Å². The molecule has 0 aliphatic rings. The van der Waals surface area contributed by atoms with Crippen LogP contribution in [0.1, 0.15) is 0 Å². The van der Waals surface area contributed by atoms with Crippen molar-refractivity contribution in [2.45, 2.75) is 0 Å². The second-order valence-corrected chi connectivity index (χ2v) is 1.57. The topological polar surface area (TPSA) is 34.1 Å². The minimum Gasteiger partial charge on any atom is -0.224 e. The summed E-state index contributed by atoms with van der Waals surface area (Å²) >= 11 is 3.57. The molecule has 0 bridgehead atoms. The van der Waals surface area contributed by atoms with E-state index in [9.17, 15) is 0 Å². The molecule has 0 N–H and O–H groups in total. The van der Waals surface area contributed by atoms with Crippen LogP contribution < -0.4 is 0 Å². The molecule has 0 rings (SSSR count). The predicted molar refractivity (Wildman–Crippen MR) is 32.0 cm³/mol. The van der Waals surface area contributed by atoms with Crippen molar-refractivity contribution in [3.05, 3.63) is 0 Å². The standard InChI is InChI=1S/BrH.Li.O2PS/c;;1-3(2)4/h1H;;. The first kappa shape index (κ1) is 15.7. The van der Waals surface area contributed by atoms with Gasteiger partial charge in [-0.2, -0.15) is 0 Å². The molecule has 32 valence electrons. The molecule has 0 saturated carbocycles. The maximum absolute atomic E-state index is 8.85. The van der Waals surface area contributed by atoms with Gasteiger partial charge in [-0.15, -0.1) is 17.0 Å². The Labute approximate surface area is 64.0 Å². The Kier molecular flexibility index (Phi) is 25.0. The molecule has 6 heavy (non-hydrogen) atoms. The predicted octanol–water partition coefficient (Wildman–Crippen LogP) is 1.47. The van der Waals surface area contributed by atoms with Gasteiger partial charge in [-0.3, -0.25) is 0 Å². The Morgan fingerprint density at radius 3 is 1.33 bits per heavy atom. The smallest absolute Gasteiger partial charge is 0.224 e. The molecule has 0 spiro atoms. The van der Waals surface area contributed by atoms with Crippen molar-refractivity contribution in [2.24, 2.45) is 0 Å². The van der Waals surface area contributed by atoms with Gasteiger partial charge >= 0.3 is 6.88 Å². The average molecular weight is 183 g/mol. The van der Waals surface area contributed by atoms with E-state index in [1.807, 2.05) is 0 Å². The van der Waals surface area contributed by atoms with Crippen molar-refractivity contribution in [1.82, 2.24) is 0 Å². The van der Waals surface area contributed by atoms with Gasteiger partial charge in [-0.25, -0.2) is 9.13 Å². The molecule has 2 radical (unpaired) electrons. The molecular formula is HBrLiO2PS. The van der Waals surface area contributed by atoms with Gasteiger partial charge in [0.1, 0.15) is 0 Å². The molecule has 0 amide bonds. The normalized spacial score (nSPS) is 4.17. The zero-order valence-electron chi connectivity index (χ0n) is 3.08. The van der Waals surface area contributed by atoms with Gasteiger partial charge in [0.25, 0.3) is 0 Å². The largest absolute Gasteiger partial charge is 0.390 e. The third-order valence-corrected chi connectivity index (χ3v) is 0. The van der Waals surface area contributed by atoms with E-state index in [1.165, 1.54) is 0 Å². The van der Waals surface area contributed by atoms with Gasteiger partial charge in [0, 0.05) is 18.9 Å². The summed E-state index contributed by atoms with van der Waals surface area (Å²) in [5, 5.41) is 0. The zero-order chi connectivity index (χ0) is 3.58. The first-order valence-electron chi connectivity index (χ1n) is 0.548. The van der Waals surface area contributed by atoms with E-state index in [4.69, 9.17) is 9.13 Å². The first-order valence-corrected chi connectivity index (χ1v) is 2.74. The molecule has 2 nitrogen and oxygen atoms in total. The van der Waals surface area contributed by atoms with Crippen LogP contribution in [0.25, 0.3) is 0 Å². The van der Waals surface area contributed by atoms with E-state index in [2.05, 4.69) is 12.2 Å². The van der Waals surface area contributed by atoms with Gasteiger partial charge in [-0.05, 0) is 0 Å². The Morgan fingerprint density at radius 1 is 1.33 bits per heavy atom. The fraction of sp³-hybridized carbons (Fsp3) is 0. The Morgan fingerprint density at radius 2 is 1.33 bits per heavy atom. The van der Waals surface area contributed by atoms with Gasteiger partial charge in [0.2, 0.25) is 0 Å². The van der Waals surface area contributed by atoms with Crippen molar-refractivity contribution >= 4 is 55.0 Å². The molecule has 0 heterocycles. The summed E-state index contributed by atoms with van der Waals surface area (Å²) < 4.78 is 17.7. The maximum atomic E-state index is 8.85. The van der Waals surface area contributed by atoms with Crippen LogP contribution in [-0.4, -0.2) is 18.9 Å². The van der Waals surface area contributed by atoms with Crippen LogP contribution >= 0.6 is 36.1 Å². The van der Waals surface area contributed by atoms with Crippen molar-refractivity contribution in [3.63, 3.8) is 0 Å². The minimum atomic E-state index is -2.54. The van der Waals surface area contributed by atoms with Crippen LogP contribution in [0.4, 0.5) is 0 Å². The molecule has 0 aromatic rings. The van der Waals surface area contributed by atoms with Crippen LogP contribution in [0.2, 0.25) is 0 Å². The number of hydrogen-bond acceptors (Lipinski definition) is 2. The molecule has 0 aromatic heterocycles. The summed E-state index contributed by atoms with van der Waals surface area (Å²) in [4.78, 5) is 0. The van der Waals surface area contributed by atoms with Crippen LogP contribution in [0, 0.1) is 0 Å². The van der Waals surface area contributed by atoms with Crippen LogP contribution in [-0.2, 0) is 9.13 Å². The summed E-state index contributed by atoms with van der Waals surface area (Å²) in [6.45, 7) is -2.54. The zero-order valence-corrected chi connectivity index (χ0v) is 6.50. The van der Waals surface area contributed by atoms with Gasteiger partial charge < -0.3 is 0 Å². The molecule has 0 atom stereocenters. The van der Waals surface area contributed by atoms with Crippen LogP contribution in [0.15, 0.2) is 0 Å². The summed E-state index contributed by atoms with van der Waals surface area (Å²) in [6.07, 6.45) is 0. The van der Waals surface area contributed by atoms with Crippen molar-refractivity contribution in [2.75, 3.05) is 0 Å². The quantitative estimate of drug-likeness (QED) is 0.420. The number of hydrogen-bond donors (Lipinski definition) is 0. The second kappa shape index (κ2) is 9.59. The van der Waals surface area contributed by atoms with E-state index in [1.54, 1.807) is 0 Å². The van der Waals surface area contributed by atoms with Crippen LogP contribution in [0.5, 0.6) is 0 Å². The maximum Gasteiger partial charge on any atom is 0.390 e. The molecular weight excluding hydrogens is 182 g/mol. The number of rotatable bonds is 0. The second-order valence-electron chi connectivity index (χ2n) is 0.224. The molecule has 0 aliphatic heterocycles. The average Bonchev–Trinajstić information content (AvgIpc) is 0.811. The fourth-order valence-electron chi connectivity index (χ4n) is 0. The van der Waals surface area contributed by atoms with Crippen molar-refractivity contribution in [3.8, 4) is 0 Å². The van der Waals surface area contributed by atoms with E-state index in [0.29, 0.717) is 0 Å². The molecule has 0 aliphatic carbocycles. The Balaban J connectivity index is -0.0000000450. The monoisotopic (exact) mass is 182 g/mol. The van der Waals surface area contributed by atoms with Crippen LogP contribution in [0.3, 0.4) is 0 Å². The third-order valence-electron chi connectivity index (χ3n) is 0. The summed E-state index contributed by atoms with van der Waals surface area (Å²) in [5.74, 6) is 0. The Hall–Kier alpha value is 1.33. The molecule has 0 unspecified atom stereocenters. The van der Waals surface area contributed by atoms with E-state index in [0.717, 1.165) is 0 Å². The number of halogens is 1. The molecule has 0 saturated heterocycles. The van der Waals surface area contributed by atoms with Gasteiger partial charge in [0.05, 0.1) is 12.2 Å². The Bertz CT molecular complexity index is 61.9. The van der Waals surface area contributed by atoms with E-state index < -0.39 is 6.88 Å². The van der Waals surface area contributed by atoms with E-state index in [-0.39, 0.29) is 35.8 Å². The summed E-state index contributed by atoms with van der Waals surface area (Å²) in [5.41, 5.74) is 0. The minimum absolute atomic E-state index is 0. The fourth-order valence-corrected chi connectivity index (χ4v) is 0. The summed E-state index contributed by atoms with van der Waals surface area (Å²) in [6, 6.07) is 0. The third kappa shape index (κ3) is 56.6. The molecule has 0 aromatic carbocycles. The SMILES string of the molecule is Br.O=P(=O)[S].[Li]. The van der Waals surface area contributed by atoms with E-state index >= 15 is 0 Å². The molecule has 0 fully saturated rings. The van der Waals surface area contributed by atoms with Gasteiger partial charge in [0.15, 0.2) is 0 Å². The van der Waals surface area contributed by atoms with Crippen molar-refractivity contribution < 1.29 is 9.13 Å². The summed E-state index contributed by atoms with van der Waals surface area (Å²) in [7, 11) is 0. The van der Waals surface area contributed by atoms with Gasteiger partial charge in [-0.1, -0.05) is 0 Å². The first-order chi connectivity index (χ1) is 1.73.